The average Bonchev–Trinajstić information content (AvgIpc) is 3.70. The van der Waals surface area contributed by atoms with Crippen LogP contribution in [0.3, 0.4) is 0 Å². The number of aryl methyl sites for hydroxylation is 1. The van der Waals surface area contributed by atoms with E-state index in [-0.39, 0.29) is 0 Å². The van der Waals surface area contributed by atoms with Crippen LogP contribution in [0, 0.1) is 6.92 Å². The van der Waals surface area contributed by atoms with Crippen molar-refractivity contribution in [2.45, 2.75) is 32.2 Å². The smallest absolute Gasteiger partial charge is 0.194 e. The van der Waals surface area contributed by atoms with E-state index in [0.29, 0.717) is 5.92 Å². The van der Waals surface area contributed by atoms with Gasteiger partial charge >= 0.3 is 0 Å². The van der Waals surface area contributed by atoms with Crippen LogP contribution in [0.1, 0.15) is 35.0 Å². The van der Waals surface area contributed by atoms with Crippen LogP contribution in [-0.4, -0.2) is 47.5 Å². The van der Waals surface area contributed by atoms with Crippen molar-refractivity contribution in [3.05, 3.63) is 101 Å². The van der Waals surface area contributed by atoms with Crippen LogP contribution in [0.5, 0.6) is 0 Å². The van der Waals surface area contributed by atoms with Crippen LogP contribution in [0.4, 0.5) is 0 Å². The molecule has 6 aromatic rings. The molecule has 0 unspecified atom stereocenters. The van der Waals surface area contributed by atoms with Gasteiger partial charge in [0.1, 0.15) is 11.5 Å². The molecular formula is C31H29N7S. The summed E-state index contributed by atoms with van der Waals surface area (Å²) in [4.78, 5) is 17.6. The fraction of sp³-hybridized carbons (Fsp3) is 0.226. The molecule has 2 aromatic carbocycles. The second-order valence-corrected chi connectivity index (χ2v) is 11.4. The Bertz CT molecular complexity index is 1690. The maximum atomic E-state index is 5.04. The molecule has 7 rings (SSSR count). The van der Waals surface area contributed by atoms with Crippen LogP contribution in [0.2, 0.25) is 0 Å². The summed E-state index contributed by atoms with van der Waals surface area (Å²) in [6, 6.07) is 25.4. The van der Waals surface area contributed by atoms with Gasteiger partial charge in [0.25, 0.3) is 0 Å². The molecule has 1 aliphatic heterocycles. The van der Waals surface area contributed by atoms with Crippen LogP contribution >= 0.6 is 11.3 Å². The molecular weight excluding hydrogens is 502 g/mol. The van der Waals surface area contributed by atoms with Gasteiger partial charge in [-0.15, -0.1) is 21.5 Å². The number of piperidine rings is 1. The molecule has 0 spiro atoms. The molecule has 194 valence electrons. The molecule has 1 fully saturated rings. The van der Waals surface area contributed by atoms with E-state index in [0.717, 1.165) is 71.7 Å². The van der Waals surface area contributed by atoms with Crippen LogP contribution < -0.4 is 0 Å². The van der Waals surface area contributed by atoms with E-state index in [9.17, 15) is 0 Å². The first kappa shape index (κ1) is 23.9. The third-order valence-corrected chi connectivity index (χ3v) is 8.41. The fourth-order valence-electron chi connectivity index (χ4n) is 5.50. The molecule has 0 radical (unpaired) electrons. The summed E-state index contributed by atoms with van der Waals surface area (Å²) in [5, 5.41) is 8.77. The zero-order valence-electron chi connectivity index (χ0n) is 21.8. The monoisotopic (exact) mass is 531 g/mol. The van der Waals surface area contributed by atoms with E-state index in [1.165, 1.54) is 16.0 Å². The van der Waals surface area contributed by atoms with Crippen molar-refractivity contribution in [2.24, 2.45) is 0 Å². The lowest BCUT2D eigenvalue weighted by Gasteiger charge is -2.30. The highest BCUT2D eigenvalue weighted by atomic mass is 32.1. The van der Waals surface area contributed by atoms with Gasteiger partial charge in [-0.25, -0.2) is 4.98 Å². The molecule has 39 heavy (non-hydrogen) atoms. The number of fused-ring (bicyclic) bond motifs is 1. The Morgan fingerprint density at radius 1 is 0.897 bits per heavy atom. The Kier molecular flexibility index (Phi) is 6.26. The van der Waals surface area contributed by atoms with Crippen molar-refractivity contribution in [2.75, 3.05) is 13.1 Å². The van der Waals surface area contributed by atoms with Gasteiger partial charge in [-0.2, -0.15) is 0 Å². The number of nitrogens with one attached hydrogen (secondary N) is 1. The zero-order valence-corrected chi connectivity index (χ0v) is 22.6. The van der Waals surface area contributed by atoms with Gasteiger partial charge in [0.05, 0.1) is 11.4 Å². The first-order valence-corrected chi connectivity index (χ1v) is 14.2. The minimum absolute atomic E-state index is 0.406. The molecule has 0 saturated carbocycles. The Balaban J connectivity index is 1.04. The minimum atomic E-state index is 0.406. The summed E-state index contributed by atoms with van der Waals surface area (Å²) >= 11 is 1.73. The SMILES string of the molecule is Cc1cn2c(-c3ccccc3)c(-c3ccc(CN4CCC(c5nnc(-c6ccccn6)[nH]5)CC4)cc3)nc2s1. The molecule has 5 heterocycles. The van der Waals surface area contributed by atoms with Crippen molar-refractivity contribution < 1.29 is 0 Å². The van der Waals surface area contributed by atoms with E-state index in [1.54, 1.807) is 17.5 Å². The molecule has 1 N–H and O–H groups in total. The number of hydrogen-bond donors (Lipinski definition) is 1. The van der Waals surface area contributed by atoms with Crippen molar-refractivity contribution in [1.82, 2.24) is 34.4 Å². The summed E-state index contributed by atoms with van der Waals surface area (Å²) in [7, 11) is 0. The zero-order chi connectivity index (χ0) is 26.2. The Hall–Kier alpha value is -4.14. The van der Waals surface area contributed by atoms with E-state index >= 15 is 0 Å². The Labute approximate surface area is 231 Å². The number of H-pyrrole nitrogens is 1. The Morgan fingerprint density at radius 2 is 1.69 bits per heavy atom. The van der Waals surface area contributed by atoms with Gasteiger partial charge in [-0.05, 0) is 50.6 Å². The van der Waals surface area contributed by atoms with Gasteiger partial charge in [-0.3, -0.25) is 14.3 Å². The number of thiazole rings is 1. The molecule has 0 bridgehead atoms. The number of nitrogens with zero attached hydrogens (tertiary/aromatic N) is 6. The molecule has 1 aliphatic rings. The molecule has 1 saturated heterocycles. The third kappa shape index (κ3) is 4.77. The number of aromatic nitrogens is 6. The average molecular weight is 532 g/mol. The fourth-order valence-corrected chi connectivity index (χ4v) is 6.32. The second kappa shape index (κ2) is 10.2. The quantitative estimate of drug-likeness (QED) is 0.262. The van der Waals surface area contributed by atoms with Crippen molar-refractivity contribution in [1.29, 1.82) is 0 Å². The maximum Gasteiger partial charge on any atom is 0.194 e. The number of likely N-dealkylation sites (tertiary alicyclic amines) is 1. The van der Waals surface area contributed by atoms with Crippen LogP contribution in [0.15, 0.2) is 85.2 Å². The molecule has 0 atom stereocenters. The lowest BCUT2D eigenvalue weighted by Crippen LogP contribution is -2.32. The first-order chi connectivity index (χ1) is 19.2. The predicted molar refractivity (Wildman–Crippen MR) is 156 cm³/mol. The standard InChI is InChI=1S/C31H29N7S/c1-21-19-38-28(24-7-3-2-4-8-24)27(33-31(38)39-21)23-12-10-22(11-13-23)20-37-17-14-25(15-18-37)29-34-30(36-35-29)26-9-5-6-16-32-26/h2-13,16,19,25H,14-15,17-18,20H2,1H3,(H,34,35,36). The second-order valence-electron chi connectivity index (χ2n) is 10.2. The summed E-state index contributed by atoms with van der Waals surface area (Å²) in [5.41, 5.74) is 6.69. The van der Waals surface area contributed by atoms with E-state index in [2.05, 4.69) is 97.2 Å². The van der Waals surface area contributed by atoms with Gasteiger partial charge in [-0.1, -0.05) is 60.7 Å². The van der Waals surface area contributed by atoms with Gasteiger partial charge in [0.15, 0.2) is 10.8 Å². The number of benzene rings is 2. The van der Waals surface area contributed by atoms with Crippen molar-refractivity contribution in [3.63, 3.8) is 0 Å². The maximum absolute atomic E-state index is 5.04. The molecule has 0 amide bonds. The van der Waals surface area contributed by atoms with Gasteiger partial charge in [0, 0.05) is 40.9 Å². The minimum Gasteiger partial charge on any atom is -0.323 e. The summed E-state index contributed by atoms with van der Waals surface area (Å²) in [5.74, 6) is 2.13. The topological polar surface area (TPSA) is 75.0 Å². The number of hydrogen-bond acceptors (Lipinski definition) is 6. The van der Waals surface area contributed by atoms with E-state index in [1.807, 2.05) is 18.2 Å². The lowest BCUT2D eigenvalue weighted by atomic mass is 9.95. The summed E-state index contributed by atoms with van der Waals surface area (Å²) in [6.45, 7) is 5.17. The lowest BCUT2D eigenvalue weighted by molar-refractivity contribution is 0.202. The van der Waals surface area contributed by atoms with Gasteiger partial charge in [0.2, 0.25) is 0 Å². The van der Waals surface area contributed by atoms with Crippen LogP contribution in [0.25, 0.3) is 39.0 Å². The van der Waals surface area contributed by atoms with Crippen molar-refractivity contribution in [3.8, 4) is 34.0 Å². The normalized spacial score (nSPS) is 14.8. The van der Waals surface area contributed by atoms with Crippen LogP contribution in [-0.2, 0) is 6.54 Å². The summed E-state index contributed by atoms with van der Waals surface area (Å²) < 4.78 is 2.23. The molecule has 0 aliphatic carbocycles. The largest absolute Gasteiger partial charge is 0.323 e. The highest BCUT2D eigenvalue weighted by Crippen LogP contribution is 2.35. The predicted octanol–water partition coefficient (Wildman–Crippen LogP) is 6.60. The Morgan fingerprint density at radius 3 is 2.46 bits per heavy atom. The highest BCUT2D eigenvalue weighted by Gasteiger charge is 2.24. The number of imidazole rings is 1. The van der Waals surface area contributed by atoms with E-state index < -0.39 is 0 Å². The molecule has 8 heteroatoms. The van der Waals surface area contributed by atoms with E-state index in [4.69, 9.17) is 4.98 Å². The highest BCUT2D eigenvalue weighted by molar-refractivity contribution is 7.17. The summed E-state index contributed by atoms with van der Waals surface area (Å²) in [6.07, 6.45) is 6.11. The molecule has 7 nitrogen and oxygen atoms in total. The number of aromatic amines is 1. The van der Waals surface area contributed by atoms with Gasteiger partial charge < -0.3 is 4.98 Å². The number of pyridine rings is 1. The first-order valence-electron chi connectivity index (χ1n) is 13.4. The van der Waals surface area contributed by atoms with Crippen molar-refractivity contribution >= 4 is 16.3 Å². The molecule has 4 aromatic heterocycles. The third-order valence-electron chi connectivity index (χ3n) is 7.51. The number of rotatable bonds is 6.